The molecule has 1 aromatic carbocycles. The fourth-order valence-electron chi connectivity index (χ4n) is 1.85. The van der Waals surface area contributed by atoms with Gasteiger partial charge in [-0.25, -0.2) is 10.4 Å². The van der Waals surface area contributed by atoms with Crippen LogP contribution in [0.3, 0.4) is 0 Å². The Morgan fingerprint density at radius 3 is 3.00 bits per heavy atom. The topological polar surface area (TPSA) is 53.1 Å². The van der Waals surface area contributed by atoms with Gasteiger partial charge in [-0.05, 0) is 48.6 Å². The number of aromatic amines is 1. The number of aromatic nitrogens is 2. The lowest BCUT2D eigenvalue weighted by Gasteiger charge is -1.93. The van der Waals surface area contributed by atoms with E-state index in [-0.39, 0.29) is 0 Å². The minimum Gasteiger partial charge on any atom is -0.323 e. The molecule has 2 heterocycles. The molecule has 0 radical (unpaired) electrons. The summed E-state index contributed by atoms with van der Waals surface area (Å²) in [6.45, 7) is 4.13. The summed E-state index contributed by atoms with van der Waals surface area (Å²) in [5.41, 5.74) is 7.33. The standard InChI is InChI=1S/C14H14N4S/c1-9-3-4-11-12(7-9)17-14(16-11)18-15-8-13-10(2)5-6-19-13/h3-8H,1-2H3,(H2,16,17,18)/b15-8-. The van der Waals surface area contributed by atoms with Crippen LogP contribution in [0.2, 0.25) is 0 Å². The molecule has 96 valence electrons. The molecule has 19 heavy (non-hydrogen) atoms. The van der Waals surface area contributed by atoms with E-state index >= 15 is 0 Å². The van der Waals surface area contributed by atoms with E-state index in [9.17, 15) is 0 Å². The second-order valence-corrected chi connectivity index (χ2v) is 5.39. The van der Waals surface area contributed by atoms with E-state index in [4.69, 9.17) is 0 Å². The van der Waals surface area contributed by atoms with Gasteiger partial charge >= 0.3 is 0 Å². The third-order valence-corrected chi connectivity index (χ3v) is 3.84. The third kappa shape index (κ3) is 2.51. The zero-order valence-electron chi connectivity index (χ0n) is 10.8. The van der Waals surface area contributed by atoms with Crippen LogP contribution in [0.15, 0.2) is 34.7 Å². The van der Waals surface area contributed by atoms with E-state index in [0.29, 0.717) is 5.95 Å². The van der Waals surface area contributed by atoms with Gasteiger partial charge in [0, 0.05) is 4.88 Å². The Morgan fingerprint density at radius 1 is 1.32 bits per heavy atom. The van der Waals surface area contributed by atoms with E-state index in [2.05, 4.69) is 51.9 Å². The molecular formula is C14H14N4S. The molecule has 0 bridgehead atoms. The lowest BCUT2D eigenvalue weighted by Crippen LogP contribution is -1.91. The summed E-state index contributed by atoms with van der Waals surface area (Å²) in [6, 6.07) is 8.20. The maximum Gasteiger partial charge on any atom is 0.222 e. The second kappa shape index (κ2) is 4.85. The number of H-pyrrole nitrogens is 1. The first kappa shape index (κ1) is 11.9. The summed E-state index contributed by atoms with van der Waals surface area (Å²) in [5, 5.41) is 6.26. The van der Waals surface area contributed by atoms with Crippen molar-refractivity contribution in [1.82, 2.24) is 9.97 Å². The number of thiophene rings is 1. The fourth-order valence-corrected chi connectivity index (χ4v) is 2.63. The van der Waals surface area contributed by atoms with Crippen LogP contribution in [0.5, 0.6) is 0 Å². The average Bonchev–Trinajstić information content (AvgIpc) is 2.95. The van der Waals surface area contributed by atoms with Crippen LogP contribution in [0, 0.1) is 13.8 Å². The highest BCUT2D eigenvalue weighted by molar-refractivity contribution is 7.11. The monoisotopic (exact) mass is 270 g/mol. The number of hydrazone groups is 1. The van der Waals surface area contributed by atoms with Gasteiger partial charge in [0.05, 0.1) is 17.2 Å². The van der Waals surface area contributed by atoms with Crippen molar-refractivity contribution >= 4 is 34.5 Å². The largest absolute Gasteiger partial charge is 0.323 e. The molecule has 3 aromatic rings. The lowest BCUT2D eigenvalue weighted by molar-refractivity contribution is 1.21. The molecule has 0 saturated carbocycles. The third-order valence-electron chi connectivity index (χ3n) is 2.89. The molecule has 0 aliphatic carbocycles. The minimum atomic E-state index is 0.658. The van der Waals surface area contributed by atoms with Crippen LogP contribution in [0.25, 0.3) is 11.0 Å². The number of aryl methyl sites for hydroxylation is 2. The number of rotatable bonds is 3. The van der Waals surface area contributed by atoms with Crippen molar-refractivity contribution < 1.29 is 0 Å². The first-order valence-electron chi connectivity index (χ1n) is 6.02. The summed E-state index contributed by atoms with van der Waals surface area (Å²) < 4.78 is 0. The Labute approximate surface area is 115 Å². The Kier molecular flexibility index (Phi) is 3.05. The number of nitrogens with zero attached hydrogens (tertiary/aromatic N) is 2. The molecule has 3 rings (SSSR count). The lowest BCUT2D eigenvalue weighted by atomic mass is 10.2. The molecule has 0 fully saturated rings. The number of fused-ring (bicyclic) bond motifs is 1. The van der Waals surface area contributed by atoms with Gasteiger partial charge in [-0.3, -0.25) is 0 Å². The van der Waals surface area contributed by atoms with Crippen LogP contribution in [0.4, 0.5) is 5.95 Å². The van der Waals surface area contributed by atoms with Gasteiger partial charge in [0.1, 0.15) is 0 Å². The number of anilines is 1. The minimum absolute atomic E-state index is 0.658. The molecule has 0 aliphatic rings. The highest BCUT2D eigenvalue weighted by Gasteiger charge is 2.01. The van der Waals surface area contributed by atoms with Crippen LogP contribution >= 0.6 is 11.3 Å². The van der Waals surface area contributed by atoms with E-state index in [1.54, 1.807) is 11.3 Å². The van der Waals surface area contributed by atoms with Gasteiger partial charge in [-0.1, -0.05) is 6.07 Å². The Bertz CT molecular complexity index is 739. The van der Waals surface area contributed by atoms with Crippen molar-refractivity contribution in [2.24, 2.45) is 5.10 Å². The Hall–Kier alpha value is -2.14. The zero-order chi connectivity index (χ0) is 13.2. The van der Waals surface area contributed by atoms with Crippen LogP contribution < -0.4 is 5.43 Å². The quantitative estimate of drug-likeness (QED) is 0.563. The summed E-state index contributed by atoms with van der Waals surface area (Å²) in [5.74, 6) is 0.658. The number of hydrogen-bond donors (Lipinski definition) is 2. The smallest absolute Gasteiger partial charge is 0.222 e. The predicted molar refractivity (Wildman–Crippen MR) is 81.1 cm³/mol. The summed E-state index contributed by atoms with van der Waals surface area (Å²) in [6.07, 6.45) is 1.82. The van der Waals surface area contributed by atoms with Gasteiger partial charge in [0.2, 0.25) is 5.95 Å². The van der Waals surface area contributed by atoms with Crippen LogP contribution in [0.1, 0.15) is 16.0 Å². The van der Waals surface area contributed by atoms with Gasteiger partial charge in [0.25, 0.3) is 0 Å². The molecule has 5 heteroatoms. The normalized spacial score (nSPS) is 11.5. The van der Waals surface area contributed by atoms with E-state index in [1.165, 1.54) is 11.1 Å². The molecular weight excluding hydrogens is 256 g/mol. The number of hydrogen-bond acceptors (Lipinski definition) is 4. The van der Waals surface area contributed by atoms with Gasteiger partial charge in [0.15, 0.2) is 0 Å². The van der Waals surface area contributed by atoms with Crippen molar-refractivity contribution in [3.05, 3.63) is 45.6 Å². The molecule has 0 unspecified atom stereocenters. The van der Waals surface area contributed by atoms with Gasteiger partial charge in [-0.2, -0.15) is 5.10 Å². The Morgan fingerprint density at radius 2 is 2.21 bits per heavy atom. The molecule has 2 aromatic heterocycles. The first-order chi connectivity index (χ1) is 9.22. The van der Waals surface area contributed by atoms with Crippen molar-refractivity contribution in [1.29, 1.82) is 0 Å². The summed E-state index contributed by atoms with van der Waals surface area (Å²) >= 11 is 1.67. The molecule has 0 spiro atoms. The highest BCUT2D eigenvalue weighted by Crippen LogP contribution is 2.16. The molecule has 4 nitrogen and oxygen atoms in total. The number of benzene rings is 1. The van der Waals surface area contributed by atoms with Crippen molar-refractivity contribution in [2.75, 3.05) is 5.43 Å². The summed E-state index contributed by atoms with van der Waals surface area (Å²) in [7, 11) is 0. The Balaban J connectivity index is 1.78. The van der Waals surface area contributed by atoms with E-state index < -0.39 is 0 Å². The maximum atomic E-state index is 4.42. The molecule has 0 aliphatic heterocycles. The number of imidazole rings is 1. The molecule has 0 saturated heterocycles. The van der Waals surface area contributed by atoms with Gasteiger partial charge < -0.3 is 4.98 Å². The van der Waals surface area contributed by atoms with E-state index in [1.807, 2.05) is 18.3 Å². The highest BCUT2D eigenvalue weighted by atomic mass is 32.1. The van der Waals surface area contributed by atoms with E-state index in [0.717, 1.165) is 15.9 Å². The SMILES string of the molecule is Cc1ccc2nc(N/N=C\c3sccc3C)[nH]c2c1. The first-order valence-corrected chi connectivity index (χ1v) is 6.90. The van der Waals surface area contributed by atoms with Crippen molar-refractivity contribution in [2.45, 2.75) is 13.8 Å². The average molecular weight is 270 g/mol. The van der Waals surface area contributed by atoms with Crippen LogP contribution in [-0.2, 0) is 0 Å². The summed E-state index contributed by atoms with van der Waals surface area (Å²) in [4.78, 5) is 8.77. The van der Waals surface area contributed by atoms with Crippen LogP contribution in [-0.4, -0.2) is 16.2 Å². The predicted octanol–water partition coefficient (Wildman–Crippen LogP) is 3.69. The fraction of sp³-hybridized carbons (Fsp3) is 0.143. The van der Waals surface area contributed by atoms with Crippen molar-refractivity contribution in [3.8, 4) is 0 Å². The molecule has 0 atom stereocenters. The van der Waals surface area contributed by atoms with Crippen molar-refractivity contribution in [3.63, 3.8) is 0 Å². The molecule has 0 amide bonds. The maximum absolute atomic E-state index is 4.42. The second-order valence-electron chi connectivity index (χ2n) is 4.44. The molecule has 2 N–H and O–H groups in total. The zero-order valence-corrected chi connectivity index (χ0v) is 11.6. The number of nitrogens with one attached hydrogen (secondary N) is 2. The van der Waals surface area contributed by atoms with Gasteiger partial charge in [-0.15, -0.1) is 11.3 Å².